The Morgan fingerprint density at radius 2 is 2.20 bits per heavy atom. The van der Waals surface area contributed by atoms with Gasteiger partial charge in [-0.2, -0.15) is 5.10 Å². The summed E-state index contributed by atoms with van der Waals surface area (Å²) in [4.78, 5) is 18.1. The summed E-state index contributed by atoms with van der Waals surface area (Å²) in [6.07, 6.45) is 1.47. The molecule has 2 aromatic rings. The third-order valence-electron chi connectivity index (χ3n) is 3.19. The number of nitrogens with zero attached hydrogens (tertiary/aromatic N) is 4. The van der Waals surface area contributed by atoms with Crippen LogP contribution >= 0.6 is 0 Å². The van der Waals surface area contributed by atoms with Crippen LogP contribution in [0.2, 0.25) is 0 Å². The first kappa shape index (κ1) is 14.0. The molecule has 0 atom stereocenters. The zero-order valence-corrected chi connectivity index (χ0v) is 12.1. The zero-order chi connectivity index (χ0) is 14.7. The van der Waals surface area contributed by atoms with E-state index < -0.39 is 0 Å². The van der Waals surface area contributed by atoms with Crippen LogP contribution in [-0.2, 0) is 13.6 Å². The lowest BCUT2D eigenvalue weighted by Crippen LogP contribution is -2.27. The van der Waals surface area contributed by atoms with Gasteiger partial charge in [0.2, 0.25) is 0 Å². The second-order valence-electron chi connectivity index (χ2n) is 4.65. The molecule has 1 aromatic carbocycles. The average Bonchev–Trinajstić information content (AvgIpc) is 2.84. The van der Waals surface area contributed by atoms with Gasteiger partial charge in [0.05, 0.1) is 13.7 Å². The Balaban J connectivity index is 2.16. The molecule has 0 N–H and O–H groups in total. The highest BCUT2D eigenvalue weighted by molar-refractivity contribution is 5.94. The zero-order valence-electron chi connectivity index (χ0n) is 12.1. The Hall–Kier alpha value is -2.37. The number of rotatable bonds is 4. The molecule has 0 aliphatic carbocycles. The fourth-order valence-corrected chi connectivity index (χ4v) is 1.92. The van der Waals surface area contributed by atoms with Gasteiger partial charge in [-0.25, -0.2) is 4.98 Å². The molecular weight excluding hydrogens is 256 g/mol. The number of carbonyl (C=O) groups is 1. The molecule has 0 radical (unpaired) electrons. The van der Waals surface area contributed by atoms with Gasteiger partial charge in [0, 0.05) is 19.7 Å². The number of hydrogen-bond acceptors (Lipinski definition) is 4. The maximum atomic E-state index is 12.4. The molecule has 106 valence electrons. The Kier molecular flexibility index (Phi) is 4.02. The van der Waals surface area contributed by atoms with Crippen LogP contribution in [0, 0.1) is 6.92 Å². The normalized spacial score (nSPS) is 10.4. The predicted molar refractivity (Wildman–Crippen MR) is 74.5 cm³/mol. The van der Waals surface area contributed by atoms with Gasteiger partial charge in [-0.3, -0.25) is 9.48 Å². The monoisotopic (exact) mass is 274 g/mol. The van der Waals surface area contributed by atoms with Crippen molar-refractivity contribution in [2.75, 3.05) is 14.2 Å². The smallest absolute Gasteiger partial charge is 0.254 e. The van der Waals surface area contributed by atoms with Crippen molar-refractivity contribution in [2.24, 2.45) is 7.05 Å². The van der Waals surface area contributed by atoms with Gasteiger partial charge < -0.3 is 9.64 Å². The quantitative estimate of drug-likeness (QED) is 0.845. The van der Waals surface area contributed by atoms with Crippen molar-refractivity contribution in [3.63, 3.8) is 0 Å². The fourth-order valence-electron chi connectivity index (χ4n) is 1.92. The summed E-state index contributed by atoms with van der Waals surface area (Å²) >= 11 is 0. The van der Waals surface area contributed by atoms with Crippen molar-refractivity contribution in [2.45, 2.75) is 13.5 Å². The minimum absolute atomic E-state index is 0.0775. The van der Waals surface area contributed by atoms with Gasteiger partial charge in [0.15, 0.2) is 0 Å². The SMILES string of the molecule is COc1cc(C(=O)N(C)Cc2ncnn2C)ccc1C. The maximum Gasteiger partial charge on any atom is 0.254 e. The highest BCUT2D eigenvalue weighted by Gasteiger charge is 2.15. The van der Waals surface area contributed by atoms with Crippen molar-refractivity contribution in [3.8, 4) is 5.75 Å². The Bertz CT molecular complexity index is 621. The topological polar surface area (TPSA) is 60.2 Å². The molecule has 0 bridgehead atoms. The van der Waals surface area contributed by atoms with E-state index in [0.29, 0.717) is 17.9 Å². The molecule has 0 fully saturated rings. The van der Waals surface area contributed by atoms with Gasteiger partial charge in [0.1, 0.15) is 17.9 Å². The van der Waals surface area contributed by atoms with Crippen molar-refractivity contribution in [1.29, 1.82) is 0 Å². The van der Waals surface area contributed by atoms with Crippen LogP contribution in [0.25, 0.3) is 0 Å². The molecule has 0 unspecified atom stereocenters. The molecular formula is C14H18N4O2. The lowest BCUT2D eigenvalue weighted by molar-refractivity contribution is 0.0780. The minimum Gasteiger partial charge on any atom is -0.496 e. The van der Waals surface area contributed by atoms with Crippen LogP contribution in [0.15, 0.2) is 24.5 Å². The average molecular weight is 274 g/mol. The molecule has 0 saturated heterocycles. The van der Waals surface area contributed by atoms with Crippen LogP contribution in [0.5, 0.6) is 5.75 Å². The standard InChI is InChI=1S/C14H18N4O2/c1-10-5-6-11(7-12(10)20-4)14(19)17(2)8-13-15-9-16-18(13)3/h5-7,9H,8H2,1-4H3. The number of ether oxygens (including phenoxy) is 1. The molecule has 6 heteroatoms. The van der Waals surface area contributed by atoms with E-state index in [-0.39, 0.29) is 5.91 Å². The Morgan fingerprint density at radius 3 is 2.80 bits per heavy atom. The van der Waals surface area contributed by atoms with Crippen molar-refractivity contribution >= 4 is 5.91 Å². The van der Waals surface area contributed by atoms with Crippen LogP contribution in [-0.4, -0.2) is 39.7 Å². The number of benzene rings is 1. The van der Waals surface area contributed by atoms with E-state index in [1.165, 1.54) is 6.33 Å². The molecule has 2 rings (SSSR count). The lowest BCUT2D eigenvalue weighted by Gasteiger charge is -2.17. The molecule has 0 saturated carbocycles. The van der Waals surface area contributed by atoms with Gasteiger partial charge in [-0.15, -0.1) is 0 Å². The van der Waals surface area contributed by atoms with E-state index in [1.807, 2.05) is 13.0 Å². The van der Waals surface area contributed by atoms with Crippen LogP contribution in [0.4, 0.5) is 0 Å². The molecule has 6 nitrogen and oxygen atoms in total. The summed E-state index contributed by atoms with van der Waals surface area (Å²) in [5.74, 6) is 1.37. The van der Waals surface area contributed by atoms with Crippen molar-refractivity contribution in [3.05, 3.63) is 41.5 Å². The van der Waals surface area contributed by atoms with Gasteiger partial charge in [-0.05, 0) is 24.6 Å². The summed E-state index contributed by atoms with van der Waals surface area (Å²) in [7, 11) is 5.14. The van der Waals surface area contributed by atoms with E-state index in [9.17, 15) is 4.79 Å². The molecule has 1 aromatic heterocycles. The van der Waals surface area contributed by atoms with Gasteiger partial charge in [-0.1, -0.05) is 6.07 Å². The Morgan fingerprint density at radius 1 is 1.45 bits per heavy atom. The van der Waals surface area contributed by atoms with Crippen LogP contribution in [0.3, 0.4) is 0 Å². The fraction of sp³-hybridized carbons (Fsp3) is 0.357. The summed E-state index contributed by atoms with van der Waals surface area (Å²) < 4.78 is 6.90. The number of aromatic nitrogens is 3. The number of hydrogen-bond donors (Lipinski definition) is 0. The molecule has 1 amide bonds. The first-order valence-corrected chi connectivity index (χ1v) is 6.26. The van der Waals surface area contributed by atoms with E-state index in [4.69, 9.17) is 4.74 Å². The van der Waals surface area contributed by atoms with E-state index >= 15 is 0 Å². The molecule has 0 aliphatic heterocycles. The second-order valence-corrected chi connectivity index (χ2v) is 4.65. The minimum atomic E-state index is -0.0775. The van der Waals surface area contributed by atoms with Crippen LogP contribution in [0.1, 0.15) is 21.7 Å². The summed E-state index contributed by atoms with van der Waals surface area (Å²) in [6, 6.07) is 5.43. The van der Waals surface area contributed by atoms with E-state index in [0.717, 1.165) is 11.4 Å². The summed E-state index contributed by atoms with van der Waals surface area (Å²) in [5, 5.41) is 3.99. The molecule has 0 aliphatic rings. The van der Waals surface area contributed by atoms with Crippen molar-refractivity contribution < 1.29 is 9.53 Å². The molecule has 20 heavy (non-hydrogen) atoms. The summed E-state index contributed by atoms with van der Waals surface area (Å²) in [6.45, 7) is 2.35. The molecule has 1 heterocycles. The molecule has 0 spiro atoms. The van der Waals surface area contributed by atoms with Crippen molar-refractivity contribution in [1.82, 2.24) is 19.7 Å². The lowest BCUT2D eigenvalue weighted by atomic mass is 10.1. The first-order chi connectivity index (χ1) is 9.52. The van der Waals surface area contributed by atoms with Gasteiger partial charge >= 0.3 is 0 Å². The number of carbonyl (C=O) groups excluding carboxylic acids is 1. The van der Waals surface area contributed by atoms with Gasteiger partial charge in [0.25, 0.3) is 5.91 Å². The number of amides is 1. The third-order valence-corrected chi connectivity index (χ3v) is 3.19. The number of aryl methyl sites for hydroxylation is 2. The second kappa shape index (κ2) is 5.73. The highest BCUT2D eigenvalue weighted by atomic mass is 16.5. The maximum absolute atomic E-state index is 12.4. The summed E-state index contributed by atoms with van der Waals surface area (Å²) in [5.41, 5.74) is 1.59. The Labute approximate surface area is 118 Å². The highest BCUT2D eigenvalue weighted by Crippen LogP contribution is 2.20. The first-order valence-electron chi connectivity index (χ1n) is 6.26. The van der Waals surface area contributed by atoms with Crippen LogP contribution < -0.4 is 4.74 Å². The predicted octanol–water partition coefficient (Wildman–Crippen LogP) is 1.40. The van der Waals surface area contributed by atoms with E-state index in [2.05, 4.69) is 10.1 Å². The largest absolute Gasteiger partial charge is 0.496 e. The van der Waals surface area contributed by atoms with E-state index in [1.54, 1.807) is 42.9 Å². The number of methoxy groups -OCH3 is 1. The third kappa shape index (κ3) is 2.79.